The van der Waals surface area contributed by atoms with Crippen LogP contribution in [-0.2, 0) is 11.3 Å². The molecule has 0 aromatic heterocycles. The first-order valence-electron chi connectivity index (χ1n) is 8.51. The van der Waals surface area contributed by atoms with Gasteiger partial charge in [-0.15, -0.1) is 0 Å². The Kier molecular flexibility index (Phi) is 5.11. The van der Waals surface area contributed by atoms with Crippen LogP contribution in [0.25, 0.3) is 0 Å². The highest BCUT2D eigenvalue weighted by Gasteiger charge is 2.31. The van der Waals surface area contributed by atoms with Gasteiger partial charge in [0.2, 0.25) is 5.91 Å². The second-order valence-electron chi connectivity index (χ2n) is 6.62. The van der Waals surface area contributed by atoms with Crippen molar-refractivity contribution in [3.05, 3.63) is 35.9 Å². The van der Waals surface area contributed by atoms with Crippen molar-refractivity contribution in [3.63, 3.8) is 0 Å². The van der Waals surface area contributed by atoms with E-state index in [1.807, 2.05) is 0 Å². The van der Waals surface area contributed by atoms with Crippen LogP contribution in [0.4, 0.5) is 0 Å². The number of rotatable bonds is 3. The lowest BCUT2D eigenvalue weighted by Gasteiger charge is -2.39. The van der Waals surface area contributed by atoms with Gasteiger partial charge in [0.05, 0.1) is 0 Å². The quantitative estimate of drug-likeness (QED) is 0.923. The van der Waals surface area contributed by atoms with E-state index >= 15 is 0 Å². The van der Waals surface area contributed by atoms with Gasteiger partial charge in [-0.1, -0.05) is 30.3 Å². The van der Waals surface area contributed by atoms with E-state index in [0.717, 1.165) is 52.1 Å². The third-order valence-corrected chi connectivity index (χ3v) is 4.97. The Labute approximate surface area is 133 Å². The lowest BCUT2D eigenvalue weighted by Crippen LogP contribution is -2.54. The molecule has 2 saturated heterocycles. The van der Waals surface area contributed by atoms with Gasteiger partial charge in [0, 0.05) is 38.1 Å². The van der Waals surface area contributed by atoms with E-state index in [0.29, 0.717) is 11.9 Å². The van der Waals surface area contributed by atoms with Crippen molar-refractivity contribution in [3.8, 4) is 0 Å². The van der Waals surface area contributed by atoms with E-state index in [2.05, 4.69) is 52.4 Å². The van der Waals surface area contributed by atoms with Crippen LogP contribution in [0.5, 0.6) is 0 Å². The van der Waals surface area contributed by atoms with Gasteiger partial charge in [-0.05, 0) is 38.4 Å². The zero-order valence-electron chi connectivity index (χ0n) is 13.5. The van der Waals surface area contributed by atoms with Gasteiger partial charge in [-0.25, -0.2) is 0 Å². The lowest BCUT2D eigenvalue weighted by atomic mass is 9.94. The topological polar surface area (TPSA) is 35.6 Å². The van der Waals surface area contributed by atoms with Crippen molar-refractivity contribution in [1.82, 2.24) is 15.1 Å². The normalized spacial score (nSPS) is 24.4. The Morgan fingerprint density at radius 1 is 1.18 bits per heavy atom. The standard InChI is InChI=1S/C18H27N3O/c1-15-13-19-9-12-21(15)18(22)17-7-10-20(11-8-17)14-16-5-3-2-4-6-16/h2-6,15,17,19H,7-14H2,1H3/t15-/m0/s1. The Hall–Kier alpha value is -1.39. The van der Waals surface area contributed by atoms with Crippen LogP contribution in [-0.4, -0.2) is 54.5 Å². The second-order valence-corrected chi connectivity index (χ2v) is 6.62. The largest absolute Gasteiger partial charge is 0.337 e. The molecule has 22 heavy (non-hydrogen) atoms. The molecule has 2 aliphatic heterocycles. The fraction of sp³-hybridized carbons (Fsp3) is 0.611. The van der Waals surface area contributed by atoms with Crippen molar-refractivity contribution in [2.24, 2.45) is 5.92 Å². The van der Waals surface area contributed by atoms with E-state index in [9.17, 15) is 4.79 Å². The molecule has 120 valence electrons. The minimum absolute atomic E-state index is 0.229. The fourth-order valence-corrected chi connectivity index (χ4v) is 3.58. The summed E-state index contributed by atoms with van der Waals surface area (Å²) in [5.74, 6) is 0.612. The van der Waals surface area contributed by atoms with Crippen LogP contribution in [0.3, 0.4) is 0 Å². The maximum Gasteiger partial charge on any atom is 0.226 e. The maximum atomic E-state index is 12.7. The van der Waals surface area contributed by atoms with Crippen LogP contribution < -0.4 is 5.32 Å². The molecule has 2 heterocycles. The van der Waals surface area contributed by atoms with Gasteiger partial charge in [-0.3, -0.25) is 9.69 Å². The summed E-state index contributed by atoms with van der Waals surface area (Å²) in [7, 11) is 0. The van der Waals surface area contributed by atoms with Crippen molar-refractivity contribution < 1.29 is 4.79 Å². The number of likely N-dealkylation sites (tertiary alicyclic amines) is 1. The highest BCUT2D eigenvalue weighted by Crippen LogP contribution is 2.22. The molecule has 1 amide bonds. The zero-order valence-corrected chi connectivity index (χ0v) is 13.5. The van der Waals surface area contributed by atoms with Crippen LogP contribution >= 0.6 is 0 Å². The molecule has 4 nitrogen and oxygen atoms in total. The minimum Gasteiger partial charge on any atom is -0.337 e. The van der Waals surface area contributed by atoms with Gasteiger partial charge in [0.25, 0.3) is 0 Å². The number of carbonyl (C=O) groups is 1. The summed E-state index contributed by atoms with van der Waals surface area (Å²) in [5, 5.41) is 3.35. The van der Waals surface area contributed by atoms with Crippen LogP contribution in [0.15, 0.2) is 30.3 Å². The number of amides is 1. The van der Waals surface area contributed by atoms with Gasteiger partial charge in [0.1, 0.15) is 0 Å². The molecule has 4 heteroatoms. The van der Waals surface area contributed by atoms with Crippen molar-refractivity contribution in [2.75, 3.05) is 32.7 Å². The molecule has 2 fully saturated rings. The average Bonchev–Trinajstić information content (AvgIpc) is 2.56. The monoisotopic (exact) mass is 301 g/mol. The smallest absolute Gasteiger partial charge is 0.226 e. The number of hydrogen-bond acceptors (Lipinski definition) is 3. The third-order valence-electron chi connectivity index (χ3n) is 4.97. The van der Waals surface area contributed by atoms with Crippen LogP contribution in [0, 0.1) is 5.92 Å². The van der Waals surface area contributed by atoms with E-state index in [4.69, 9.17) is 0 Å². The number of nitrogens with one attached hydrogen (secondary N) is 1. The summed E-state index contributed by atoms with van der Waals surface area (Å²) < 4.78 is 0. The molecular weight excluding hydrogens is 274 g/mol. The van der Waals surface area contributed by atoms with E-state index < -0.39 is 0 Å². The Morgan fingerprint density at radius 2 is 1.91 bits per heavy atom. The van der Waals surface area contributed by atoms with Crippen LogP contribution in [0.1, 0.15) is 25.3 Å². The Bertz CT molecular complexity index is 482. The molecule has 0 spiro atoms. The molecule has 0 radical (unpaired) electrons. The first-order chi connectivity index (χ1) is 10.7. The number of carbonyl (C=O) groups excluding carboxylic acids is 1. The number of piperidine rings is 1. The predicted molar refractivity (Wildman–Crippen MR) is 88.5 cm³/mol. The SMILES string of the molecule is C[C@H]1CNCCN1C(=O)C1CCN(Cc2ccccc2)CC1. The van der Waals surface area contributed by atoms with Crippen molar-refractivity contribution in [1.29, 1.82) is 0 Å². The van der Waals surface area contributed by atoms with Crippen LogP contribution in [0.2, 0.25) is 0 Å². The van der Waals surface area contributed by atoms with Crippen molar-refractivity contribution >= 4 is 5.91 Å². The maximum absolute atomic E-state index is 12.7. The molecule has 0 bridgehead atoms. The third kappa shape index (κ3) is 3.68. The van der Waals surface area contributed by atoms with Gasteiger partial charge >= 0.3 is 0 Å². The molecule has 0 saturated carbocycles. The first kappa shape index (κ1) is 15.5. The molecule has 1 aromatic rings. The second kappa shape index (κ2) is 7.25. The molecule has 1 atom stereocenters. The highest BCUT2D eigenvalue weighted by atomic mass is 16.2. The molecule has 0 unspecified atom stereocenters. The van der Waals surface area contributed by atoms with Gasteiger partial charge in [0.15, 0.2) is 0 Å². The number of piperazine rings is 1. The van der Waals surface area contributed by atoms with Crippen molar-refractivity contribution in [2.45, 2.75) is 32.4 Å². The summed E-state index contributed by atoms with van der Waals surface area (Å²) in [6.45, 7) is 7.95. The molecule has 0 aliphatic carbocycles. The summed E-state index contributed by atoms with van der Waals surface area (Å²) >= 11 is 0. The molecular formula is C18H27N3O. The fourth-order valence-electron chi connectivity index (χ4n) is 3.58. The first-order valence-corrected chi connectivity index (χ1v) is 8.51. The highest BCUT2D eigenvalue weighted by molar-refractivity contribution is 5.79. The zero-order chi connectivity index (χ0) is 15.4. The number of benzene rings is 1. The summed E-state index contributed by atoms with van der Waals surface area (Å²) in [6.07, 6.45) is 2.00. The number of nitrogens with zero attached hydrogens (tertiary/aromatic N) is 2. The molecule has 3 rings (SSSR count). The molecule has 1 aromatic carbocycles. The van der Waals surface area contributed by atoms with Gasteiger partial charge in [-0.2, -0.15) is 0 Å². The summed E-state index contributed by atoms with van der Waals surface area (Å²) in [4.78, 5) is 17.3. The summed E-state index contributed by atoms with van der Waals surface area (Å²) in [6, 6.07) is 10.9. The predicted octanol–water partition coefficient (Wildman–Crippen LogP) is 1.72. The Balaban J connectivity index is 1.50. The van der Waals surface area contributed by atoms with Gasteiger partial charge < -0.3 is 10.2 Å². The molecule has 1 N–H and O–H groups in total. The van der Waals surface area contributed by atoms with E-state index in [-0.39, 0.29) is 5.92 Å². The molecule has 2 aliphatic rings. The average molecular weight is 301 g/mol. The number of hydrogen-bond donors (Lipinski definition) is 1. The van der Waals surface area contributed by atoms with E-state index in [1.54, 1.807) is 0 Å². The lowest BCUT2D eigenvalue weighted by molar-refractivity contribution is -0.140. The van der Waals surface area contributed by atoms with E-state index in [1.165, 1.54) is 5.56 Å². The minimum atomic E-state index is 0.229. The Morgan fingerprint density at radius 3 is 2.59 bits per heavy atom. The summed E-state index contributed by atoms with van der Waals surface area (Å²) in [5.41, 5.74) is 1.36.